The molecule has 7 nitrogen and oxygen atoms in total. The minimum absolute atomic E-state index is 0.0686. The number of nitrogens with one attached hydrogen (secondary N) is 1. The van der Waals surface area contributed by atoms with Crippen LogP contribution >= 0.6 is 22.9 Å². The van der Waals surface area contributed by atoms with Gasteiger partial charge >= 0.3 is 0 Å². The van der Waals surface area contributed by atoms with E-state index in [4.69, 9.17) is 16.3 Å². The number of halogens is 1. The maximum Gasteiger partial charge on any atom is 0.259 e. The molecular formula is C22H20ClN5O2S. The molecule has 0 bridgehead atoms. The molecule has 158 valence electrons. The number of hydrogen-bond donors (Lipinski definition) is 1. The number of imidazole rings is 1. The molecule has 0 spiro atoms. The van der Waals surface area contributed by atoms with E-state index in [-0.39, 0.29) is 17.0 Å². The fourth-order valence-corrected chi connectivity index (χ4v) is 4.16. The van der Waals surface area contributed by atoms with Crippen molar-refractivity contribution in [2.24, 2.45) is 7.05 Å². The van der Waals surface area contributed by atoms with Crippen molar-refractivity contribution in [1.82, 2.24) is 19.5 Å². The third-order valence-corrected chi connectivity index (χ3v) is 5.57. The van der Waals surface area contributed by atoms with E-state index in [1.54, 1.807) is 6.20 Å². The number of rotatable bonds is 6. The van der Waals surface area contributed by atoms with Gasteiger partial charge in [-0.2, -0.15) is 0 Å². The number of amides is 1. The standard InChI is InChI=1S/C22H20ClN5O2S/c1-13(2)30-21-16(23)11-15(12-25-21)20(29)27-22-26-17(14-7-5-4-6-8-14)18(31-22)19-24-9-10-28(19)3/h4-13H,1-3H3,(H,26,27,29). The van der Waals surface area contributed by atoms with E-state index in [0.717, 1.165) is 22.0 Å². The summed E-state index contributed by atoms with van der Waals surface area (Å²) in [7, 11) is 1.92. The highest BCUT2D eigenvalue weighted by Crippen LogP contribution is 2.38. The zero-order valence-corrected chi connectivity index (χ0v) is 18.7. The second-order valence-electron chi connectivity index (χ2n) is 7.06. The molecule has 0 aliphatic heterocycles. The Morgan fingerprint density at radius 2 is 2.00 bits per heavy atom. The number of thiazole rings is 1. The number of benzene rings is 1. The fraction of sp³-hybridized carbons (Fsp3) is 0.182. The van der Waals surface area contributed by atoms with Crippen LogP contribution in [0.25, 0.3) is 22.0 Å². The van der Waals surface area contributed by atoms with Crippen LogP contribution in [0.1, 0.15) is 24.2 Å². The Balaban J connectivity index is 1.65. The smallest absolute Gasteiger partial charge is 0.259 e. The molecule has 3 aromatic heterocycles. The van der Waals surface area contributed by atoms with Gasteiger partial charge in [-0.3, -0.25) is 10.1 Å². The largest absolute Gasteiger partial charge is 0.474 e. The van der Waals surface area contributed by atoms with Gasteiger partial charge in [0.2, 0.25) is 5.88 Å². The first-order chi connectivity index (χ1) is 14.9. The molecule has 0 radical (unpaired) electrons. The number of pyridine rings is 1. The minimum Gasteiger partial charge on any atom is -0.474 e. The van der Waals surface area contributed by atoms with E-state index in [1.165, 1.54) is 23.6 Å². The molecule has 1 N–H and O–H groups in total. The summed E-state index contributed by atoms with van der Waals surface area (Å²) in [6, 6.07) is 11.3. The number of nitrogens with zero attached hydrogens (tertiary/aromatic N) is 4. The summed E-state index contributed by atoms with van der Waals surface area (Å²) < 4.78 is 7.44. The van der Waals surface area contributed by atoms with Crippen LogP contribution in [-0.4, -0.2) is 31.5 Å². The Morgan fingerprint density at radius 1 is 1.23 bits per heavy atom. The highest BCUT2D eigenvalue weighted by Gasteiger charge is 2.20. The topological polar surface area (TPSA) is 81.9 Å². The van der Waals surface area contributed by atoms with Crippen molar-refractivity contribution < 1.29 is 9.53 Å². The van der Waals surface area contributed by atoms with Crippen molar-refractivity contribution in [2.75, 3.05) is 5.32 Å². The molecule has 4 rings (SSSR count). The monoisotopic (exact) mass is 453 g/mol. The summed E-state index contributed by atoms with van der Waals surface area (Å²) in [6.45, 7) is 3.76. The van der Waals surface area contributed by atoms with Crippen LogP contribution in [-0.2, 0) is 7.05 Å². The van der Waals surface area contributed by atoms with Gasteiger partial charge in [-0.05, 0) is 19.9 Å². The zero-order chi connectivity index (χ0) is 22.0. The van der Waals surface area contributed by atoms with E-state index < -0.39 is 0 Å². The lowest BCUT2D eigenvalue weighted by Gasteiger charge is -2.10. The van der Waals surface area contributed by atoms with Crippen LogP contribution in [0.15, 0.2) is 55.0 Å². The number of aryl methyl sites for hydroxylation is 1. The summed E-state index contributed by atoms with van der Waals surface area (Å²) in [5.41, 5.74) is 2.01. The summed E-state index contributed by atoms with van der Waals surface area (Å²) in [6.07, 6.45) is 4.97. The molecule has 0 saturated heterocycles. The maximum atomic E-state index is 12.8. The molecule has 1 amide bonds. The predicted molar refractivity (Wildman–Crippen MR) is 123 cm³/mol. The van der Waals surface area contributed by atoms with Crippen molar-refractivity contribution in [2.45, 2.75) is 20.0 Å². The van der Waals surface area contributed by atoms with Crippen molar-refractivity contribution in [3.8, 4) is 27.8 Å². The van der Waals surface area contributed by atoms with Gasteiger partial charge in [-0.1, -0.05) is 53.3 Å². The van der Waals surface area contributed by atoms with Gasteiger partial charge in [0.05, 0.1) is 22.2 Å². The van der Waals surface area contributed by atoms with Gasteiger partial charge in [0.25, 0.3) is 5.91 Å². The molecule has 0 saturated carbocycles. The van der Waals surface area contributed by atoms with Crippen molar-refractivity contribution in [3.05, 3.63) is 65.6 Å². The predicted octanol–water partition coefficient (Wildman–Crippen LogP) is 5.30. The molecule has 31 heavy (non-hydrogen) atoms. The van der Waals surface area contributed by atoms with Crippen LogP contribution < -0.4 is 10.1 Å². The molecule has 0 atom stereocenters. The van der Waals surface area contributed by atoms with Crippen LogP contribution in [0, 0.1) is 0 Å². The molecular weight excluding hydrogens is 434 g/mol. The summed E-state index contributed by atoms with van der Waals surface area (Å²) >= 11 is 7.58. The van der Waals surface area contributed by atoms with Crippen molar-refractivity contribution in [3.63, 3.8) is 0 Å². The molecule has 1 aromatic carbocycles. The lowest BCUT2D eigenvalue weighted by Crippen LogP contribution is -2.13. The second-order valence-corrected chi connectivity index (χ2v) is 8.46. The van der Waals surface area contributed by atoms with Gasteiger partial charge in [-0.15, -0.1) is 0 Å². The first-order valence-corrected chi connectivity index (χ1v) is 10.8. The average molecular weight is 454 g/mol. The Bertz CT molecular complexity index is 1220. The van der Waals surface area contributed by atoms with Crippen LogP contribution in [0.3, 0.4) is 0 Å². The average Bonchev–Trinajstić information content (AvgIpc) is 3.35. The molecule has 0 aliphatic rings. The zero-order valence-electron chi connectivity index (χ0n) is 17.2. The molecule has 0 aliphatic carbocycles. The first kappa shape index (κ1) is 21.0. The molecule has 3 heterocycles. The normalized spacial score (nSPS) is 11.0. The summed E-state index contributed by atoms with van der Waals surface area (Å²) in [4.78, 5) is 27.0. The lowest BCUT2D eigenvalue weighted by atomic mass is 10.1. The Kier molecular flexibility index (Phi) is 6.01. The van der Waals surface area contributed by atoms with E-state index in [2.05, 4.69) is 20.3 Å². The van der Waals surface area contributed by atoms with Crippen LogP contribution in [0.4, 0.5) is 5.13 Å². The first-order valence-electron chi connectivity index (χ1n) is 9.60. The number of carbonyl (C=O) groups is 1. The van der Waals surface area contributed by atoms with Crippen LogP contribution in [0.2, 0.25) is 5.02 Å². The maximum absolute atomic E-state index is 12.8. The van der Waals surface area contributed by atoms with E-state index in [1.807, 2.05) is 62.0 Å². The van der Waals surface area contributed by atoms with Gasteiger partial charge in [0.1, 0.15) is 5.02 Å². The quantitative estimate of drug-likeness (QED) is 0.428. The van der Waals surface area contributed by atoms with Gasteiger partial charge in [0, 0.05) is 31.2 Å². The lowest BCUT2D eigenvalue weighted by molar-refractivity contribution is 0.102. The molecule has 0 fully saturated rings. The van der Waals surface area contributed by atoms with E-state index >= 15 is 0 Å². The van der Waals surface area contributed by atoms with Crippen molar-refractivity contribution in [1.29, 1.82) is 0 Å². The molecule has 9 heteroatoms. The number of ether oxygens (including phenoxy) is 1. The second kappa shape index (κ2) is 8.87. The van der Waals surface area contributed by atoms with E-state index in [9.17, 15) is 4.79 Å². The SMILES string of the molecule is CC(C)Oc1ncc(C(=O)Nc2nc(-c3ccccc3)c(-c3nccn3C)s2)cc1Cl. The van der Waals surface area contributed by atoms with Gasteiger partial charge < -0.3 is 9.30 Å². The summed E-state index contributed by atoms with van der Waals surface area (Å²) in [5, 5.41) is 3.59. The third-order valence-electron chi connectivity index (χ3n) is 4.34. The fourth-order valence-electron chi connectivity index (χ4n) is 2.93. The van der Waals surface area contributed by atoms with Crippen molar-refractivity contribution >= 4 is 34.0 Å². The molecule has 0 unspecified atom stereocenters. The Labute approximate surface area is 188 Å². The highest BCUT2D eigenvalue weighted by atomic mass is 35.5. The molecule has 4 aromatic rings. The number of hydrogen-bond acceptors (Lipinski definition) is 6. The van der Waals surface area contributed by atoms with Gasteiger partial charge in [0.15, 0.2) is 11.0 Å². The van der Waals surface area contributed by atoms with Gasteiger partial charge in [-0.25, -0.2) is 15.0 Å². The van der Waals surface area contributed by atoms with Crippen LogP contribution in [0.5, 0.6) is 5.88 Å². The Hall–Kier alpha value is -3.23. The number of anilines is 1. The highest BCUT2D eigenvalue weighted by molar-refractivity contribution is 7.19. The minimum atomic E-state index is -0.356. The number of aromatic nitrogens is 4. The Morgan fingerprint density at radius 3 is 2.65 bits per heavy atom. The van der Waals surface area contributed by atoms with E-state index in [0.29, 0.717) is 16.6 Å². The third kappa shape index (κ3) is 4.60. The number of carbonyl (C=O) groups excluding carboxylic acids is 1. The summed E-state index contributed by atoms with van der Waals surface area (Å²) in [5.74, 6) is 0.716.